The van der Waals surface area contributed by atoms with Crippen molar-refractivity contribution in [1.29, 1.82) is 0 Å². The Morgan fingerprint density at radius 1 is 1.67 bits per heavy atom. The van der Waals surface area contributed by atoms with Crippen LogP contribution in [-0.4, -0.2) is 5.78 Å². The lowest BCUT2D eigenvalue weighted by Crippen LogP contribution is -2.16. The molecule has 1 rings (SSSR count). The molecule has 1 nitrogen and oxygen atoms in total. The summed E-state index contributed by atoms with van der Waals surface area (Å²) >= 11 is 0. The Kier molecular flexibility index (Phi) is 2.71. The molecule has 0 saturated heterocycles. The maximum absolute atomic E-state index is 11.2. The van der Waals surface area contributed by atoms with E-state index in [2.05, 4.69) is 20.4 Å². The third kappa shape index (κ3) is 1.96. The first-order valence-corrected chi connectivity index (χ1v) is 4.69. The molecule has 1 aliphatic rings. The van der Waals surface area contributed by atoms with E-state index in [0.29, 0.717) is 11.7 Å². The zero-order valence-corrected chi connectivity index (χ0v) is 8.10. The van der Waals surface area contributed by atoms with E-state index in [1.807, 2.05) is 6.08 Å². The SMILES string of the molecule is C=CCCC1CC(=O)CC1(C)C. The number of hydrogen-bond donors (Lipinski definition) is 0. The number of carbonyl (C=O) groups excluding carboxylic acids is 1. The van der Waals surface area contributed by atoms with E-state index in [-0.39, 0.29) is 5.41 Å². The zero-order chi connectivity index (χ0) is 9.19. The molecule has 0 bridgehead atoms. The van der Waals surface area contributed by atoms with Gasteiger partial charge in [-0.05, 0) is 24.2 Å². The normalized spacial score (nSPS) is 27.5. The largest absolute Gasteiger partial charge is 0.300 e. The average molecular weight is 166 g/mol. The second kappa shape index (κ2) is 3.42. The minimum absolute atomic E-state index is 0.236. The van der Waals surface area contributed by atoms with Crippen LogP contribution in [0.2, 0.25) is 0 Å². The molecule has 0 N–H and O–H groups in total. The maximum Gasteiger partial charge on any atom is 0.133 e. The maximum atomic E-state index is 11.2. The Hall–Kier alpha value is -0.590. The summed E-state index contributed by atoms with van der Waals surface area (Å²) in [6, 6.07) is 0. The summed E-state index contributed by atoms with van der Waals surface area (Å²) in [5.74, 6) is 1.03. The molecule has 1 fully saturated rings. The predicted octanol–water partition coefficient (Wildman–Crippen LogP) is 2.96. The molecular formula is C11H18O. The van der Waals surface area contributed by atoms with Crippen LogP contribution in [0.15, 0.2) is 12.7 Å². The lowest BCUT2D eigenvalue weighted by Gasteiger charge is -2.25. The number of Topliss-reactive ketones (excluding diaryl/α,β-unsaturated/α-hetero) is 1. The second-order valence-electron chi connectivity index (χ2n) is 4.47. The van der Waals surface area contributed by atoms with Crippen LogP contribution in [0.25, 0.3) is 0 Å². The first-order valence-electron chi connectivity index (χ1n) is 4.69. The lowest BCUT2D eigenvalue weighted by molar-refractivity contribution is -0.118. The Morgan fingerprint density at radius 2 is 2.33 bits per heavy atom. The molecule has 68 valence electrons. The molecule has 0 heterocycles. The molecule has 0 amide bonds. The number of carbonyl (C=O) groups is 1. The summed E-state index contributed by atoms with van der Waals surface area (Å²) in [7, 11) is 0. The topological polar surface area (TPSA) is 17.1 Å². The molecule has 0 spiro atoms. The molecule has 1 saturated carbocycles. The number of ketones is 1. The van der Waals surface area contributed by atoms with Crippen molar-refractivity contribution >= 4 is 5.78 Å². The van der Waals surface area contributed by atoms with Crippen molar-refractivity contribution in [3.8, 4) is 0 Å². The van der Waals surface area contributed by atoms with E-state index >= 15 is 0 Å². The first-order chi connectivity index (χ1) is 5.56. The standard InChI is InChI=1S/C11H18O/c1-4-5-6-9-7-10(12)8-11(9,2)3/h4,9H,1,5-8H2,2-3H3. The van der Waals surface area contributed by atoms with E-state index < -0.39 is 0 Å². The smallest absolute Gasteiger partial charge is 0.133 e. The molecule has 0 aromatic rings. The van der Waals surface area contributed by atoms with Crippen LogP contribution in [0, 0.1) is 11.3 Å². The Balaban J connectivity index is 2.52. The highest BCUT2D eigenvalue weighted by Crippen LogP contribution is 2.42. The van der Waals surface area contributed by atoms with Crippen molar-refractivity contribution in [2.45, 2.75) is 39.5 Å². The van der Waals surface area contributed by atoms with Gasteiger partial charge in [0.25, 0.3) is 0 Å². The van der Waals surface area contributed by atoms with Gasteiger partial charge in [0.15, 0.2) is 0 Å². The molecule has 0 radical (unpaired) electrons. The van der Waals surface area contributed by atoms with Gasteiger partial charge >= 0.3 is 0 Å². The van der Waals surface area contributed by atoms with Crippen molar-refractivity contribution in [2.75, 3.05) is 0 Å². The van der Waals surface area contributed by atoms with Crippen molar-refractivity contribution in [3.05, 3.63) is 12.7 Å². The third-order valence-corrected chi connectivity index (χ3v) is 2.95. The van der Waals surface area contributed by atoms with Gasteiger partial charge in [-0.25, -0.2) is 0 Å². The van der Waals surface area contributed by atoms with Crippen LogP contribution in [0.1, 0.15) is 39.5 Å². The molecule has 1 unspecified atom stereocenters. The molecule has 1 heteroatoms. The summed E-state index contributed by atoms with van der Waals surface area (Å²) in [6.45, 7) is 8.10. The summed E-state index contributed by atoms with van der Waals surface area (Å²) in [5, 5.41) is 0. The molecule has 1 aliphatic carbocycles. The van der Waals surface area contributed by atoms with E-state index in [0.717, 1.165) is 25.7 Å². The minimum Gasteiger partial charge on any atom is -0.300 e. The van der Waals surface area contributed by atoms with Crippen molar-refractivity contribution in [2.24, 2.45) is 11.3 Å². The Bertz CT molecular complexity index is 191. The average Bonchev–Trinajstić information content (AvgIpc) is 2.20. The van der Waals surface area contributed by atoms with Crippen LogP contribution in [-0.2, 0) is 4.79 Å². The van der Waals surface area contributed by atoms with Gasteiger partial charge in [0, 0.05) is 12.8 Å². The summed E-state index contributed by atoms with van der Waals surface area (Å²) in [6.07, 6.45) is 5.68. The number of hydrogen-bond acceptors (Lipinski definition) is 1. The van der Waals surface area contributed by atoms with Gasteiger partial charge in [-0.1, -0.05) is 19.9 Å². The van der Waals surface area contributed by atoms with E-state index in [1.54, 1.807) is 0 Å². The van der Waals surface area contributed by atoms with Gasteiger partial charge in [0.2, 0.25) is 0 Å². The van der Waals surface area contributed by atoms with Crippen LogP contribution >= 0.6 is 0 Å². The molecule has 0 aromatic carbocycles. The van der Waals surface area contributed by atoms with Gasteiger partial charge in [-0.3, -0.25) is 4.79 Å². The number of rotatable bonds is 3. The summed E-state index contributed by atoms with van der Waals surface area (Å²) < 4.78 is 0. The summed E-state index contributed by atoms with van der Waals surface area (Å²) in [5.41, 5.74) is 0.236. The molecule has 0 aromatic heterocycles. The highest BCUT2D eigenvalue weighted by Gasteiger charge is 2.38. The fourth-order valence-corrected chi connectivity index (χ4v) is 2.09. The molecule has 1 atom stereocenters. The molecule has 12 heavy (non-hydrogen) atoms. The summed E-state index contributed by atoms with van der Waals surface area (Å²) in [4.78, 5) is 11.2. The van der Waals surface area contributed by atoms with Crippen LogP contribution in [0.4, 0.5) is 0 Å². The zero-order valence-electron chi connectivity index (χ0n) is 8.10. The van der Waals surface area contributed by atoms with E-state index in [9.17, 15) is 4.79 Å². The van der Waals surface area contributed by atoms with Crippen molar-refractivity contribution in [1.82, 2.24) is 0 Å². The van der Waals surface area contributed by atoms with E-state index in [4.69, 9.17) is 0 Å². The van der Waals surface area contributed by atoms with Crippen molar-refractivity contribution < 1.29 is 4.79 Å². The highest BCUT2D eigenvalue weighted by atomic mass is 16.1. The quantitative estimate of drug-likeness (QED) is 0.589. The fraction of sp³-hybridized carbons (Fsp3) is 0.727. The minimum atomic E-state index is 0.236. The molecule has 0 aliphatic heterocycles. The van der Waals surface area contributed by atoms with Crippen LogP contribution < -0.4 is 0 Å². The Morgan fingerprint density at radius 3 is 2.75 bits per heavy atom. The monoisotopic (exact) mass is 166 g/mol. The fourth-order valence-electron chi connectivity index (χ4n) is 2.09. The van der Waals surface area contributed by atoms with E-state index in [1.165, 1.54) is 0 Å². The molecular weight excluding hydrogens is 148 g/mol. The van der Waals surface area contributed by atoms with Gasteiger partial charge in [-0.15, -0.1) is 6.58 Å². The highest BCUT2D eigenvalue weighted by molar-refractivity contribution is 5.81. The van der Waals surface area contributed by atoms with Crippen molar-refractivity contribution in [3.63, 3.8) is 0 Å². The van der Waals surface area contributed by atoms with Crippen LogP contribution in [0.3, 0.4) is 0 Å². The third-order valence-electron chi connectivity index (χ3n) is 2.95. The van der Waals surface area contributed by atoms with Gasteiger partial charge in [-0.2, -0.15) is 0 Å². The van der Waals surface area contributed by atoms with Gasteiger partial charge < -0.3 is 0 Å². The van der Waals surface area contributed by atoms with Gasteiger partial charge in [0.05, 0.1) is 0 Å². The first kappa shape index (κ1) is 9.50. The number of allylic oxidation sites excluding steroid dienone is 1. The Labute approximate surface area is 74.9 Å². The lowest BCUT2D eigenvalue weighted by atomic mass is 9.79. The second-order valence-corrected chi connectivity index (χ2v) is 4.47. The van der Waals surface area contributed by atoms with Crippen LogP contribution in [0.5, 0.6) is 0 Å². The van der Waals surface area contributed by atoms with Gasteiger partial charge in [0.1, 0.15) is 5.78 Å². The predicted molar refractivity (Wildman–Crippen MR) is 50.9 cm³/mol.